The molecule has 0 aliphatic heterocycles. The van der Waals surface area contributed by atoms with E-state index in [-0.39, 0.29) is 29.3 Å². The van der Waals surface area contributed by atoms with Gasteiger partial charge >= 0.3 is 5.97 Å². The van der Waals surface area contributed by atoms with Crippen LogP contribution < -0.4 is 5.32 Å². The number of rotatable bonds is 9. The highest BCUT2D eigenvalue weighted by Gasteiger charge is 2.47. The molecular weight excluding hydrogens is 254 g/mol. The monoisotopic (exact) mass is 277 g/mol. The van der Waals surface area contributed by atoms with E-state index in [1.165, 1.54) is 7.11 Å². The minimum absolute atomic E-state index is 0.126. The number of carbonyl (C=O) groups is 1. The first kappa shape index (κ1) is 15.4. The van der Waals surface area contributed by atoms with Gasteiger partial charge in [0.05, 0.1) is 25.0 Å². The molecule has 106 valence electrons. The Hall–Kier alpha value is -0.620. The average molecular weight is 277 g/mol. The molecule has 1 aliphatic rings. The molecule has 5 nitrogen and oxygen atoms in total. The van der Waals surface area contributed by atoms with E-state index in [1.807, 2.05) is 6.92 Å². The van der Waals surface area contributed by atoms with E-state index in [4.69, 9.17) is 0 Å². The van der Waals surface area contributed by atoms with Gasteiger partial charge in [-0.25, -0.2) is 8.42 Å². The van der Waals surface area contributed by atoms with Gasteiger partial charge in [-0.1, -0.05) is 6.92 Å². The fourth-order valence-electron chi connectivity index (χ4n) is 2.06. The van der Waals surface area contributed by atoms with Gasteiger partial charge in [-0.05, 0) is 37.8 Å². The Bertz CT molecular complexity index is 374. The first-order valence-electron chi connectivity index (χ1n) is 6.41. The van der Waals surface area contributed by atoms with Gasteiger partial charge < -0.3 is 10.1 Å². The standard InChI is InChI=1S/C12H23NO4S/c1-3-13-7-4-8-18(15,16)10-12(5-6-12)9-11(14)17-2/h13H,3-10H2,1-2H3. The molecule has 0 unspecified atom stereocenters. The van der Waals surface area contributed by atoms with Gasteiger partial charge in [0.15, 0.2) is 9.84 Å². The molecule has 0 aromatic rings. The Labute approximate surface area is 109 Å². The summed E-state index contributed by atoms with van der Waals surface area (Å²) in [6.45, 7) is 3.57. The third-order valence-corrected chi connectivity index (χ3v) is 5.25. The summed E-state index contributed by atoms with van der Waals surface area (Å²) in [5, 5.41) is 3.10. The molecule has 1 saturated carbocycles. The van der Waals surface area contributed by atoms with Crippen molar-refractivity contribution in [3.05, 3.63) is 0 Å². The Morgan fingerprint density at radius 3 is 2.56 bits per heavy atom. The van der Waals surface area contributed by atoms with E-state index in [0.29, 0.717) is 6.42 Å². The van der Waals surface area contributed by atoms with Gasteiger partial charge in [0.1, 0.15) is 0 Å². The van der Waals surface area contributed by atoms with Crippen LogP contribution in [-0.4, -0.2) is 46.1 Å². The van der Waals surface area contributed by atoms with Gasteiger partial charge in [0.2, 0.25) is 0 Å². The van der Waals surface area contributed by atoms with Crippen LogP contribution in [0, 0.1) is 5.41 Å². The predicted octanol–water partition coefficient (Wildman–Crippen LogP) is 0.744. The van der Waals surface area contributed by atoms with Crippen molar-refractivity contribution < 1.29 is 17.9 Å². The second-order valence-corrected chi connectivity index (χ2v) is 7.24. The maximum absolute atomic E-state index is 11.9. The highest BCUT2D eigenvalue weighted by Crippen LogP contribution is 2.50. The van der Waals surface area contributed by atoms with Gasteiger partial charge in [-0.2, -0.15) is 0 Å². The lowest BCUT2D eigenvalue weighted by molar-refractivity contribution is -0.141. The van der Waals surface area contributed by atoms with Crippen LogP contribution in [0.2, 0.25) is 0 Å². The van der Waals surface area contributed by atoms with Crippen molar-refractivity contribution in [1.29, 1.82) is 0 Å². The molecule has 1 aliphatic carbocycles. The normalized spacial score (nSPS) is 17.4. The molecule has 1 N–H and O–H groups in total. The Kier molecular flexibility index (Phi) is 5.59. The third-order valence-electron chi connectivity index (χ3n) is 3.29. The zero-order valence-corrected chi connectivity index (χ0v) is 12.0. The van der Waals surface area contributed by atoms with Crippen LogP contribution >= 0.6 is 0 Å². The number of hydrogen-bond donors (Lipinski definition) is 1. The van der Waals surface area contributed by atoms with Crippen LogP contribution in [0.3, 0.4) is 0 Å². The minimum Gasteiger partial charge on any atom is -0.469 e. The summed E-state index contributed by atoms with van der Waals surface area (Å²) in [5.74, 6) is 0.0137. The average Bonchev–Trinajstić information content (AvgIpc) is 3.03. The number of carbonyl (C=O) groups excluding carboxylic acids is 1. The third kappa shape index (κ3) is 5.35. The summed E-state index contributed by atoms with van der Waals surface area (Å²) in [4.78, 5) is 11.2. The molecule has 0 spiro atoms. The van der Waals surface area contributed by atoms with Crippen molar-refractivity contribution in [2.45, 2.75) is 32.6 Å². The SMILES string of the molecule is CCNCCCS(=O)(=O)CC1(CC(=O)OC)CC1. The first-order valence-corrected chi connectivity index (χ1v) is 8.23. The van der Waals surface area contributed by atoms with E-state index in [1.54, 1.807) is 0 Å². The molecule has 0 heterocycles. The Morgan fingerprint density at radius 1 is 1.39 bits per heavy atom. The molecule has 6 heteroatoms. The molecule has 18 heavy (non-hydrogen) atoms. The van der Waals surface area contributed by atoms with Crippen molar-refractivity contribution in [3.8, 4) is 0 Å². The van der Waals surface area contributed by atoms with Gasteiger partial charge in [0, 0.05) is 0 Å². The summed E-state index contributed by atoms with van der Waals surface area (Å²) in [5.41, 5.74) is -0.329. The molecule has 1 fully saturated rings. The highest BCUT2D eigenvalue weighted by atomic mass is 32.2. The summed E-state index contributed by atoms with van der Waals surface area (Å²) in [6, 6.07) is 0. The summed E-state index contributed by atoms with van der Waals surface area (Å²) >= 11 is 0. The lowest BCUT2D eigenvalue weighted by Gasteiger charge is -2.13. The lowest BCUT2D eigenvalue weighted by atomic mass is 10.1. The van der Waals surface area contributed by atoms with E-state index < -0.39 is 9.84 Å². The molecule has 0 atom stereocenters. The van der Waals surface area contributed by atoms with Gasteiger partial charge in [-0.15, -0.1) is 0 Å². The van der Waals surface area contributed by atoms with Crippen LogP contribution in [0.25, 0.3) is 0 Å². The van der Waals surface area contributed by atoms with Gasteiger partial charge in [0.25, 0.3) is 0 Å². The van der Waals surface area contributed by atoms with E-state index in [9.17, 15) is 13.2 Å². The van der Waals surface area contributed by atoms with Crippen molar-refractivity contribution in [3.63, 3.8) is 0 Å². The molecule has 1 rings (SSSR count). The van der Waals surface area contributed by atoms with E-state index in [0.717, 1.165) is 25.9 Å². The number of esters is 1. The molecule has 0 aromatic heterocycles. The molecule has 0 saturated heterocycles. The predicted molar refractivity (Wildman–Crippen MR) is 70.1 cm³/mol. The summed E-state index contributed by atoms with van der Waals surface area (Å²) < 4.78 is 28.5. The van der Waals surface area contributed by atoms with Crippen molar-refractivity contribution in [2.24, 2.45) is 5.41 Å². The summed E-state index contributed by atoms with van der Waals surface area (Å²) in [7, 11) is -1.72. The van der Waals surface area contributed by atoms with Crippen molar-refractivity contribution in [1.82, 2.24) is 5.32 Å². The summed E-state index contributed by atoms with van der Waals surface area (Å²) in [6.07, 6.45) is 2.49. The quantitative estimate of drug-likeness (QED) is 0.497. The number of sulfone groups is 1. The van der Waals surface area contributed by atoms with Crippen LogP contribution in [0.15, 0.2) is 0 Å². The lowest BCUT2D eigenvalue weighted by Crippen LogP contribution is -2.25. The molecular formula is C12H23NO4S. The van der Waals surface area contributed by atoms with E-state index >= 15 is 0 Å². The zero-order chi connectivity index (χ0) is 13.6. The molecule has 0 aromatic carbocycles. The zero-order valence-electron chi connectivity index (χ0n) is 11.2. The minimum atomic E-state index is -3.06. The van der Waals surface area contributed by atoms with E-state index in [2.05, 4.69) is 10.1 Å². The van der Waals surface area contributed by atoms with Crippen LogP contribution in [-0.2, 0) is 19.4 Å². The number of nitrogens with one attached hydrogen (secondary N) is 1. The second-order valence-electron chi connectivity index (χ2n) is 5.05. The van der Waals surface area contributed by atoms with Gasteiger partial charge in [-0.3, -0.25) is 4.79 Å². The molecule has 0 radical (unpaired) electrons. The largest absolute Gasteiger partial charge is 0.469 e. The number of methoxy groups -OCH3 is 1. The fraction of sp³-hybridized carbons (Fsp3) is 0.917. The maximum Gasteiger partial charge on any atom is 0.306 e. The Balaban J connectivity index is 2.38. The maximum atomic E-state index is 11.9. The molecule has 0 bridgehead atoms. The second kappa shape index (κ2) is 6.52. The van der Waals surface area contributed by atoms with Crippen molar-refractivity contribution in [2.75, 3.05) is 31.7 Å². The fourth-order valence-corrected chi connectivity index (χ4v) is 4.11. The smallest absolute Gasteiger partial charge is 0.306 e. The Morgan fingerprint density at radius 2 is 2.06 bits per heavy atom. The van der Waals surface area contributed by atoms with Crippen LogP contribution in [0.4, 0.5) is 0 Å². The van der Waals surface area contributed by atoms with Crippen LogP contribution in [0.5, 0.6) is 0 Å². The van der Waals surface area contributed by atoms with Crippen LogP contribution in [0.1, 0.15) is 32.6 Å². The number of hydrogen-bond acceptors (Lipinski definition) is 5. The highest BCUT2D eigenvalue weighted by molar-refractivity contribution is 7.91. The van der Waals surface area contributed by atoms with Crippen molar-refractivity contribution >= 4 is 15.8 Å². The molecule has 0 amide bonds. The topological polar surface area (TPSA) is 72.5 Å². The first-order chi connectivity index (χ1) is 8.43. The number of ether oxygens (including phenoxy) is 1.